The van der Waals surface area contributed by atoms with Crippen LogP contribution in [0.15, 0.2) is 23.0 Å². The summed E-state index contributed by atoms with van der Waals surface area (Å²) in [5.74, 6) is 1.35. The second-order valence-electron chi connectivity index (χ2n) is 4.94. The molecule has 1 aliphatic rings. The van der Waals surface area contributed by atoms with Gasteiger partial charge in [0.05, 0.1) is 12.3 Å². The number of sulfonamides is 1. The summed E-state index contributed by atoms with van der Waals surface area (Å²) in [6, 6.07) is 1.73. The molecule has 0 atom stereocenters. The molecule has 3 rings (SSSR count). The first-order valence-corrected chi connectivity index (χ1v) is 8.66. The summed E-state index contributed by atoms with van der Waals surface area (Å²) in [7, 11) is -3.21. The lowest BCUT2D eigenvalue weighted by atomic mass is 10.1. The van der Waals surface area contributed by atoms with Crippen molar-refractivity contribution in [2.75, 3.05) is 17.6 Å². The van der Waals surface area contributed by atoms with Crippen LogP contribution in [-0.4, -0.2) is 40.1 Å². The van der Waals surface area contributed by atoms with Crippen LogP contribution in [0.25, 0.3) is 0 Å². The Labute approximate surface area is 128 Å². The highest BCUT2D eigenvalue weighted by Crippen LogP contribution is 2.24. The lowest BCUT2D eigenvalue weighted by Gasteiger charge is -2.24. The molecule has 0 radical (unpaired) electrons. The monoisotopic (exact) mass is 323 g/mol. The molecule has 0 bridgehead atoms. The molecule has 2 aromatic rings. The minimum atomic E-state index is -3.21. The summed E-state index contributed by atoms with van der Waals surface area (Å²) in [4.78, 5) is 8.14. The standard InChI is InChI=1S/C13H17N5O3S/c1-2-22(19,20)18-7-4-12-10(9-18)11(17-21-12)8-16-13-14-5-3-6-15-13/h3,5-6H,2,4,7-9H2,1H3,(H,14,15,16). The van der Waals surface area contributed by atoms with Crippen molar-refractivity contribution < 1.29 is 12.9 Å². The van der Waals surface area contributed by atoms with Crippen LogP contribution < -0.4 is 5.32 Å². The number of aromatic nitrogens is 3. The SMILES string of the molecule is CCS(=O)(=O)N1CCc2onc(CNc3ncccn3)c2C1. The van der Waals surface area contributed by atoms with Crippen molar-refractivity contribution in [3.05, 3.63) is 35.5 Å². The Morgan fingerprint density at radius 1 is 1.36 bits per heavy atom. The summed E-state index contributed by atoms with van der Waals surface area (Å²) >= 11 is 0. The van der Waals surface area contributed by atoms with Gasteiger partial charge in [0.25, 0.3) is 0 Å². The minimum absolute atomic E-state index is 0.0963. The van der Waals surface area contributed by atoms with E-state index in [-0.39, 0.29) is 5.75 Å². The lowest BCUT2D eigenvalue weighted by Crippen LogP contribution is -2.36. The Morgan fingerprint density at radius 2 is 2.14 bits per heavy atom. The van der Waals surface area contributed by atoms with Crippen LogP contribution in [0.5, 0.6) is 0 Å². The maximum absolute atomic E-state index is 12.0. The van der Waals surface area contributed by atoms with Crippen LogP contribution in [0.3, 0.4) is 0 Å². The molecule has 0 fully saturated rings. The number of hydrogen-bond acceptors (Lipinski definition) is 7. The van der Waals surface area contributed by atoms with Crippen molar-refractivity contribution in [1.82, 2.24) is 19.4 Å². The van der Waals surface area contributed by atoms with Gasteiger partial charge < -0.3 is 9.84 Å². The van der Waals surface area contributed by atoms with Crippen molar-refractivity contribution in [3.8, 4) is 0 Å². The first-order valence-electron chi connectivity index (χ1n) is 7.05. The molecule has 2 aromatic heterocycles. The van der Waals surface area contributed by atoms with Crippen LogP contribution in [-0.2, 0) is 29.5 Å². The van der Waals surface area contributed by atoms with Gasteiger partial charge in [-0.1, -0.05) is 5.16 Å². The van der Waals surface area contributed by atoms with Crippen molar-refractivity contribution in [1.29, 1.82) is 0 Å². The minimum Gasteiger partial charge on any atom is -0.361 e. The fourth-order valence-electron chi connectivity index (χ4n) is 2.35. The highest BCUT2D eigenvalue weighted by Gasteiger charge is 2.29. The van der Waals surface area contributed by atoms with E-state index in [2.05, 4.69) is 20.4 Å². The van der Waals surface area contributed by atoms with Gasteiger partial charge in [-0.2, -0.15) is 4.31 Å². The molecule has 8 nitrogen and oxygen atoms in total. The lowest BCUT2D eigenvalue weighted by molar-refractivity contribution is 0.331. The number of anilines is 1. The average molecular weight is 323 g/mol. The Bertz CT molecular complexity index is 744. The van der Waals surface area contributed by atoms with Gasteiger partial charge in [0.15, 0.2) is 0 Å². The quantitative estimate of drug-likeness (QED) is 0.867. The molecule has 9 heteroatoms. The van der Waals surface area contributed by atoms with E-state index in [0.717, 1.165) is 11.3 Å². The molecule has 1 N–H and O–H groups in total. The maximum atomic E-state index is 12.0. The predicted molar refractivity (Wildman–Crippen MR) is 79.4 cm³/mol. The zero-order valence-corrected chi connectivity index (χ0v) is 13.0. The Morgan fingerprint density at radius 3 is 2.86 bits per heavy atom. The number of nitrogens with zero attached hydrogens (tertiary/aromatic N) is 4. The third-order valence-corrected chi connectivity index (χ3v) is 5.44. The highest BCUT2D eigenvalue weighted by atomic mass is 32.2. The van der Waals surface area contributed by atoms with E-state index in [1.54, 1.807) is 25.4 Å². The molecule has 0 saturated heterocycles. The van der Waals surface area contributed by atoms with Gasteiger partial charge in [0, 0.05) is 37.5 Å². The average Bonchev–Trinajstić information content (AvgIpc) is 2.96. The van der Waals surface area contributed by atoms with Crippen LogP contribution in [0.2, 0.25) is 0 Å². The van der Waals surface area contributed by atoms with Crippen LogP contribution >= 0.6 is 0 Å². The maximum Gasteiger partial charge on any atom is 0.222 e. The van der Waals surface area contributed by atoms with Crippen molar-refractivity contribution in [3.63, 3.8) is 0 Å². The van der Waals surface area contributed by atoms with Gasteiger partial charge in [-0.15, -0.1) is 0 Å². The fraction of sp³-hybridized carbons (Fsp3) is 0.462. The molecule has 0 aromatic carbocycles. The third kappa shape index (κ3) is 2.95. The molecule has 1 aliphatic heterocycles. The van der Waals surface area contributed by atoms with Gasteiger partial charge >= 0.3 is 0 Å². The molecule has 0 aliphatic carbocycles. The van der Waals surface area contributed by atoms with Gasteiger partial charge in [0.2, 0.25) is 16.0 Å². The predicted octanol–water partition coefficient (Wildman–Crippen LogP) is 0.784. The van der Waals surface area contributed by atoms with E-state index in [1.807, 2.05) is 0 Å². The largest absolute Gasteiger partial charge is 0.361 e. The molecule has 118 valence electrons. The van der Waals surface area contributed by atoms with E-state index in [9.17, 15) is 8.42 Å². The highest BCUT2D eigenvalue weighted by molar-refractivity contribution is 7.89. The van der Waals surface area contributed by atoms with E-state index in [1.165, 1.54) is 4.31 Å². The molecule has 3 heterocycles. The first-order chi connectivity index (χ1) is 10.6. The Kier molecular flexibility index (Phi) is 4.08. The summed E-state index contributed by atoms with van der Waals surface area (Å²) < 4.78 is 30.8. The van der Waals surface area contributed by atoms with Crippen LogP contribution in [0.4, 0.5) is 5.95 Å². The van der Waals surface area contributed by atoms with Gasteiger partial charge in [0.1, 0.15) is 11.5 Å². The number of hydrogen-bond donors (Lipinski definition) is 1. The molecule has 22 heavy (non-hydrogen) atoms. The van der Waals surface area contributed by atoms with Crippen LogP contribution in [0, 0.1) is 0 Å². The summed E-state index contributed by atoms with van der Waals surface area (Å²) in [6.45, 7) is 2.78. The number of rotatable bonds is 5. The van der Waals surface area contributed by atoms with Gasteiger partial charge in [-0.05, 0) is 13.0 Å². The molecule has 0 amide bonds. The Balaban J connectivity index is 1.75. The fourth-order valence-corrected chi connectivity index (χ4v) is 3.41. The van der Waals surface area contributed by atoms with Crippen molar-refractivity contribution in [2.24, 2.45) is 0 Å². The molecular weight excluding hydrogens is 306 g/mol. The third-order valence-electron chi connectivity index (χ3n) is 3.61. The summed E-state index contributed by atoms with van der Waals surface area (Å²) in [5, 5.41) is 7.09. The van der Waals surface area contributed by atoms with Crippen molar-refractivity contribution in [2.45, 2.75) is 26.4 Å². The zero-order valence-electron chi connectivity index (χ0n) is 12.2. The van der Waals surface area contributed by atoms with Crippen molar-refractivity contribution >= 4 is 16.0 Å². The van der Waals surface area contributed by atoms with E-state index in [0.29, 0.717) is 37.7 Å². The molecule has 0 spiro atoms. The van der Waals surface area contributed by atoms with E-state index >= 15 is 0 Å². The van der Waals surface area contributed by atoms with E-state index in [4.69, 9.17) is 4.52 Å². The molecule has 0 saturated carbocycles. The van der Waals surface area contributed by atoms with Crippen LogP contribution in [0.1, 0.15) is 23.9 Å². The molecular formula is C13H17N5O3S. The summed E-state index contributed by atoms with van der Waals surface area (Å²) in [5.41, 5.74) is 1.53. The first kappa shape index (κ1) is 14.9. The van der Waals surface area contributed by atoms with Gasteiger partial charge in [-0.25, -0.2) is 18.4 Å². The number of fused-ring (bicyclic) bond motifs is 1. The second-order valence-corrected chi connectivity index (χ2v) is 7.20. The van der Waals surface area contributed by atoms with E-state index < -0.39 is 10.0 Å². The zero-order chi connectivity index (χ0) is 15.6. The Hall–Kier alpha value is -2.00. The molecule has 0 unspecified atom stereocenters. The number of nitrogens with one attached hydrogen (secondary N) is 1. The summed E-state index contributed by atoms with van der Waals surface area (Å²) in [6.07, 6.45) is 3.83. The topological polar surface area (TPSA) is 101 Å². The normalized spacial score (nSPS) is 15.5. The second kappa shape index (κ2) is 6.01. The van der Waals surface area contributed by atoms with Gasteiger partial charge in [-0.3, -0.25) is 0 Å². The smallest absolute Gasteiger partial charge is 0.222 e.